The predicted octanol–water partition coefficient (Wildman–Crippen LogP) is 2.63. The Kier molecular flexibility index (Phi) is 2.56. The topological polar surface area (TPSA) is 26.0 Å². The van der Waals surface area contributed by atoms with Crippen LogP contribution in [0.3, 0.4) is 0 Å². The van der Waals surface area contributed by atoms with Gasteiger partial charge in [0, 0.05) is 5.56 Å². The van der Waals surface area contributed by atoms with Gasteiger partial charge in [-0.05, 0) is 6.07 Å². The molecule has 0 fully saturated rings. The van der Waals surface area contributed by atoms with E-state index in [2.05, 4.69) is 0 Å². The van der Waals surface area contributed by atoms with Crippen LogP contribution in [0.1, 0.15) is 17.4 Å². The summed E-state index contributed by atoms with van der Waals surface area (Å²) in [7, 11) is 0. The third-order valence-corrected chi connectivity index (χ3v) is 1.56. The number of hydrogen-bond acceptors (Lipinski definition) is 1. The van der Waals surface area contributed by atoms with Crippen LogP contribution in [-0.2, 0) is 6.18 Å². The van der Waals surface area contributed by atoms with Gasteiger partial charge in [-0.2, -0.15) is 13.2 Å². The molecule has 0 aliphatic heterocycles. The van der Waals surface area contributed by atoms with Crippen LogP contribution >= 0.6 is 0 Å². The van der Waals surface area contributed by atoms with E-state index in [-0.39, 0.29) is 0 Å². The molecule has 0 saturated carbocycles. The molecule has 0 heterocycles. The van der Waals surface area contributed by atoms with Crippen molar-refractivity contribution in [1.29, 1.82) is 0 Å². The number of benzene rings is 1. The molecule has 0 spiro atoms. The van der Waals surface area contributed by atoms with E-state index < -0.39 is 23.6 Å². The van der Waals surface area contributed by atoms with Gasteiger partial charge in [0.1, 0.15) is 0 Å². The van der Waals surface area contributed by atoms with Crippen molar-refractivity contribution in [3.63, 3.8) is 0 Å². The molecular weight excluding hydrogens is 186 g/mol. The van der Waals surface area contributed by atoms with Crippen molar-refractivity contribution < 1.29 is 17.6 Å². The van der Waals surface area contributed by atoms with E-state index in [1.165, 1.54) is 12.1 Å². The zero-order valence-corrected chi connectivity index (χ0v) is 6.48. The van der Waals surface area contributed by atoms with Crippen LogP contribution in [0, 0.1) is 0 Å². The molecule has 0 aliphatic carbocycles. The molecular formula is C8H7F4N. The van der Waals surface area contributed by atoms with Gasteiger partial charge in [-0.1, -0.05) is 18.2 Å². The zero-order valence-electron chi connectivity index (χ0n) is 6.48. The average molecular weight is 193 g/mol. The quantitative estimate of drug-likeness (QED) is 0.538. The summed E-state index contributed by atoms with van der Waals surface area (Å²) >= 11 is 0. The first-order valence-electron chi connectivity index (χ1n) is 3.48. The number of alkyl halides is 4. The van der Waals surface area contributed by atoms with Gasteiger partial charge in [0.25, 0.3) is 0 Å². The molecule has 1 atom stereocenters. The summed E-state index contributed by atoms with van der Waals surface area (Å²) in [5, 5.41) is 0. The smallest absolute Gasteiger partial charge is 0.298 e. The Morgan fingerprint density at radius 3 is 2.08 bits per heavy atom. The molecule has 0 bridgehead atoms. The van der Waals surface area contributed by atoms with E-state index >= 15 is 0 Å². The van der Waals surface area contributed by atoms with Crippen molar-refractivity contribution in [1.82, 2.24) is 0 Å². The highest BCUT2D eigenvalue weighted by molar-refractivity contribution is 5.30. The number of halogens is 4. The van der Waals surface area contributed by atoms with Crippen molar-refractivity contribution in [2.75, 3.05) is 0 Å². The second-order valence-corrected chi connectivity index (χ2v) is 2.49. The third-order valence-electron chi connectivity index (χ3n) is 1.56. The van der Waals surface area contributed by atoms with Crippen molar-refractivity contribution >= 4 is 0 Å². The van der Waals surface area contributed by atoms with Gasteiger partial charge in [0.15, 0.2) is 6.30 Å². The molecule has 0 saturated heterocycles. The van der Waals surface area contributed by atoms with Gasteiger partial charge in [-0.25, -0.2) is 4.39 Å². The lowest BCUT2D eigenvalue weighted by atomic mass is 10.1. The second kappa shape index (κ2) is 3.33. The maximum Gasteiger partial charge on any atom is 0.416 e. The summed E-state index contributed by atoms with van der Waals surface area (Å²) in [6, 6.07) is 4.32. The summed E-state index contributed by atoms with van der Waals surface area (Å²) in [6.07, 6.45) is -6.65. The van der Waals surface area contributed by atoms with E-state index in [0.717, 1.165) is 12.1 Å². The molecule has 2 N–H and O–H groups in total. The van der Waals surface area contributed by atoms with Crippen LogP contribution in [0.4, 0.5) is 17.6 Å². The lowest BCUT2D eigenvalue weighted by Crippen LogP contribution is -2.14. The zero-order chi connectivity index (χ0) is 10.1. The van der Waals surface area contributed by atoms with E-state index in [1.54, 1.807) is 0 Å². The standard InChI is InChI=1S/C8H7F4N/c9-7(13)5-3-1-2-4-6(5)8(10,11)12/h1-4,7H,13H2. The van der Waals surface area contributed by atoms with Crippen LogP contribution in [-0.4, -0.2) is 0 Å². The Hall–Kier alpha value is -1.10. The second-order valence-electron chi connectivity index (χ2n) is 2.49. The van der Waals surface area contributed by atoms with Crippen molar-refractivity contribution in [2.24, 2.45) is 5.73 Å². The van der Waals surface area contributed by atoms with Crippen LogP contribution in [0.2, 0.25) is 0 Å². The SMILES string of the molecule is NC(F)c1ccccc1C(F)(F)F. The van der Waals surface area contributed by atoms with Gasteiger partial charge in [-0.3, -0.25) is 5.73 Å². The Morgan fingerprint density at radius 1 is 1.15 bits per heavy atom. The van der Waals surface area contributed by atoms with Gasteiger partial charge in [0.2, 0.25) is 0 Å². The Labute approximate surface area is 72.2 Å². The maximum atomic E-state index is 12.5. The first-order valence-corrected chi connectivity index (χ1v) is 3.48. The Bertz CT molecular complexity index is 292. The minimum Gasteiger partial charge on any atom is -0.298 e. The Balaban J connectivity index is 3.20. The summed E-state index contributed by atoms with van der Waals surface area (Å²) in [5.74, 6) is 0. The number of nitrogens with two attached hydrogens (primary N) is 1. The summed E-state index contributed by atoms with van der Waals surface area (Å²) in [6.45, 7) is 0. The molecule has 0 aliphatic rings. The molecule has 0 radical (unpaired) electrons. The largest absolute Gasteiger partial charge is 0.416 e. The van der Waals surface area contributed by atoms with Gasteiger partial charge >= 0.3 is 6.18 Å². The normalized spacial score (nSPS) is 14.2. The maximum absolute atomic E-state index is 12.5. The molecule has 5 heteroatoms. The van der Waals surface area contributed by atoms with Gasteiger partial charge in [0.05, 0.1) is 5.56 Å². The van der Waals surface area contributed by atoms with Crippen molar-refractivity contribution in [3.05, 3.63) is 35.4 Å². The van der Waals surface area contributed by atoms with Crippen LogP contribution in [0.5, 0.6) is 0 Å². The highest BCUT2D eigenvalue weighted by Crippen LogP contribution is 2.33. The summed E-state index contributed by atoms with van der Waals surface area (Å²) < 4.78 is 49.1. The number of hydrogen-bond donors (Lipinski definition) is 1. The Morgan fingerprint density at radius 2 is 1.69 bits per heavy atom. The van der Waals surface area contributed by atoms with Crippen LogP contribution < -0.4 is 5.73 Å². The van der Waals surface area contributed by atoms with Crippen LogP contribution in [0.15, 0.2) is 24.3 Å². The molecule has 1 aromatic carbocycles. The average Bonchev–Trinajstić information content (AvgIpc) is 2.03. The lowest BCUT2D eigenvalue weighted by molar-refractivity contribution is -0.138. The van der Waals surface area contributed by atoms with E-state index in [4.69, 9.17) is 5.73 Å². The first-order chi connectivity index (χ1) is 5.93. The fraction of sp³-hybridized carbons (Fsp3) is 0.250. The highest BCUT2D eigenvalue weighted by Gasteiger charge is 2.34. The molecule has 13 heavy (non-hydrogen) atoms. The highest BCUT2D eigenvalue weighted by atomic mass is 19.4. The summed E-state index contributed by atoms with van der Waals surface area (Å²) in [5.41, 5.74) is 3.19. The van der Waals surface area contributed by atoms with E-state index in [9.17, 15) is 17.6 Å². The number of rotatable bonds is 1. The van der Waals surface area contributed by atoms with Gasteiger partial charge < -0.3 is 0 Å². The summed E-state index contributed by atoms with van der Waals surface area (Å²) in [4.78, 5) is 0. The monoisotopic (exact) mass is 193 g/mol. The third kappa shape index (κ3) is 2.18. The first kappa shape index (κ1) is 9.98. The van der Waals surface area contributed by atoms with Crippen molar-refractivity contribution in [3.8, 4) is 0 Å². The molecule has 72 valence electrons. The molecule has 1 rings (SSSR count). The predicted molar refractivity (Wildman–Crippen MR) is 39.5 cm³/mol. The molecule has 1 nitrogen and oxygen atoms in total. The van der Waals surface area contributed by atoms with Crippen molar-refractivity contribution in [2.45, 2.75) is 12.5 Å². The molecule has 0 amide bonds. The lowest BCUT2D eigenvalue weighted by Gasteiger charge is -2.12. The fourth-order valence-electron chi connectivity index (χ4n) is 0.996. The minimum absolute atomic E-state index is 0.532. The molecule has 1 aromatic rings. The minimum atomic E-state index is -4.56. The van der Waals surface area contributed by atoms with E-state index in [1.807, 2.05) is 0 Å². The molecule has 0 aromatic heterocycles. The van der Waals surface area contributed by atoms with Crippen LogP contribution in [0.25, 0.3) is 0 Å². The van der Waals surface area contributed by atoms with Gasteiger partial charge in [-0.15, -0.1) is 0 Å². The molecule has 1 unspecified atom stereocenters. The fourth-order valence-corrected chi connectivity index (χ4v) is 0.996. The van der Waals surface area contributed by atoms with E-state index in [0.29, 0.717) is 0 Å².